The lowest BCUT2D eigenvalue weighted by Crippen LogP contribution is -2.25. The number of fused-ring (bicyclic) bond motifs is 16. The summed E-state index contributed by atoms with van der Waals surface area (Å²) in [7, 11) is 0. The Morgan fingerprint density at radius 1 is 0.253 bits per heavy atom. The maximum absolute atomic E-state index is 6.66. The van der Waals surface area contributed by atoms with E-state index in [0.717, 1.165) is 88.4 Å². The number of hydrogen-bond acceptors (Lipinski definition) is 5. The SMILES string of the molecule is c1ccc(-c2ccc(-c3nc(-c4ccc5oc6ccccc6c5c4)nc(-c4cccc5oc6ccc(-c7cccc(-c8cccc9c8-c8ccccc8C98c9ccccc9-c9ccccc98)c7)cc6c45)n3)cc2)cc1. The second-order valence-corrected chi connectivity index (χ2v) is 19.7. The van der Waals surface area contributed by atoms with Crippen LogP contribution in [0.4, 0.5) is 0 Å². The smallest absolute Gasteiger partial charge is 0.164 e. The van der Waals surface area contributed by atoms with Gasteiger partial charge in [-0.2, -0.15) is 0 Å². The van der Waals surface area contributed by atoms with Crippen LogP contribution in [-0.4, -0.2) is 15.0 Å². The van der Waals surface area contributed by atoms with Gasteiger partial charge in [0.05, 0.1) is 5.41 Å². The first-order valence-electron chi connectivity index (χ1n) is 25.5. The number of aromatic nitrogens is 3. The molecule has 5 nitrogen and oxygen atoms in total. The Labute approximate surface area is 431 Å². The lowest BCUT2D eigenvalue weighted by molar-refractivity contribution is 0.668. The van der Waals surface area contributed by atoms with Gasteiger partial charge < -0.3 is 8.83 Å². The first-order valence-corrected chi connectivity index (χ1v) is 25.5. The fraction of sp³-hybridized carbons (Fsp3) is 0.0143. The first kappa shape index (κ1) is 41.6. The number of rotatable bonds is 6. The summed E-state index contributed by atoms with van der Waals surface area (Å²) in [6, 6.07) is 88.8. The van der Waals surface area contributed by atoms with Crippen molar-refractivity contribution in [2.75, 3.05) is 0 Å². The summed E-state index contributed by atoms with van der Waals surface area (Å²) >= 11 is 0. The highest BCUT2D eigenvalue weighted by Gasteiger charge is 2.52. The van der Waals surface area contributed by atoms with E-state index in [1.54, 1.807) is 0 Å². The summed E-state index contributed by atoms with van der Waals surface area (Å²) in [5.74, 6) is 1.71. The molecule has 0 saturated heterocycles. The van der Waals surface area contributed by atoms with Gasteiger partial charge in [-0.1, -0.05) is 200 Å². The minimum Gasteiger partial charge on any atom is -0.456 e. The number of nitrogens with zero attached hydrogens (tertiary/aromatic N) is 3. The fourth-order valence-electron chi connectivity index (χ4n) is 12.5. The van der Waals surface area contributed by atoms with Crippen LogP contribution in [0.15, 0.2) is 258 Å². The predicted octanol–water partition coefficient (Wildman–Crippen LogP) is 18.0. The van der Waals surface area contributed by atoms with Gasteiger partial charge in [-0.05, 0) is 126 Å². The Bertz CT molecular complexity index is 4620. The molecule has 2 aliphatic carbocycles. The first-order chi connectivity index (χ1) is 37.2. The second-order valence-electron chi connectivity index (χ2n) is 19.7. The maximum atomic E-state index is 6.66. The van der Waals surface area contributed by atoms with Crippen molar-refractivity contribution >= 4 is 43.9 Å². The van der Waals surface area contributed by atoms with Gasteiger partial charge in [-0.25, -0.2) is 15.0 Å². The van der Waals surface area contributed by atoms with Gasteiger partial charge in [0.25, 0.3) is 0 Å². The van der Waals surface area contributed by atoms with Crippen molar-refractivity contribution in [3.63, 3.8) is 0 Å². The van der Waals surface area contributed by atoms with Crippen molar-refractivity contribution in [2.45, 2.75) is 5.41 Å². The summed E-state index contributed by atoms with van der Waals surface area (Å²) < 4.78 is 12.9. The Kier molecular flexibility index (Phi) is 8.89. The summed E-state index contributed by atoms with van der Waals surface area (Å²) in [5, 5.41) is 3.99. The molecule has 14 aromatic rings. The van der Waals surface area contributed by atoms with E-state index in [9.17, 15) is 0 Å². The van der Waals surface area contributed by atoms with Crippen LogP contribution < -0.4 is 0 Å². The molecule has 0 fully saturated rings. The van der Waals surface area contributed by atoms with E-state index in [0.29, 0.717) is 17.5 Å². The average Bonchev–Trinajstić information content (AvgIpc) is 4.23. The van der Waals surface area contributed by atoms with E-state index in [1.807, 2.05) is 48.5 Å². The normalized spacial score (nSPS) is 12.9. The number of hydrogen-bond donors (Lipinski definition) is 0. The second kappa shape index (κ2) is 16.0. The zero-order valence-electron chi connectivity index (χ0n) is 40.3. The van der Waals surface area contributed by atoms with Crippen LogP contribution in [0.2, 0.25) is 0 Å². The number of furan rings is 2. The molecule has 2 aliphatic rings. The Hall–Kier alpha value is -9.97. The topological polar surface area (TPSA) is 65.0 Å². The Balaban J connectivity index is 0.840. The Morgan fingerprint density at radius 3 is 1.52 bits per heavy atom. The number of para-hydroxylation sites is 1. The highest BCUT2D eigenvalue weighted by atomic mass is 16.3. The van der Waals surface area contributed by atoms with Gasteiger partial charge in [0.15, 0.2) is 17.5 Å². The van der Waals surface area contributed by atoms with Crippen LogP contribution in [0.3, 0.4) is 0 Å². The molecule has 16 rings (SSSR count). The zero-order valence-corrected chi connectivity index (χ0v) is 40.3. The van der Waals surface area contributed by atoms with Crippen molar-refractivity contribution < 1.29 is 8.83 Å². The van der Waals surface area contributed by atoms with Crippen molar-refractivity contribution in [2.24, 2.45) is 0 Å². The predicted molar refractivity (Wildman–Crippen MR) is 303 cm³/mol. The lowest BCUT2D eigenvalue weighted by atomic mass is 9.70. The third-order valence-electron chi connectivity index (χ3n) is 15.8. The molecule has 0 radical (unpaired) electrons. The lowest BCUT2D eigenvalue weighted by Gasteiger charge is -2.30. The van der Waals surface area contributed by atoms with Gasteiger partial charge in [-0.15, -0.1) is 0 Å². The van der Waals surface area contributed by atoms with Gasteiger partial charge in [0.1, 0.15) is 22.3 Å². The Morgan fingerprint density at radius 2 is 0.720 bits per heavy atom. The minimum absolute atomic E-state index is 0.410. The standard InChI is InChI=1S/C70H41N3O2/c1-2-15-42(16-3-1)43-31-33-44(34-32-43)67-71-68(48-36-38-62-55(41-48)52-21-7-11-29-61(52)74-62)73-69(72-67)54-24-14-30-64-66(54)56-40-46(35-37-63(56)75-64)45-17-12-18-47(39-45)49-23-13-28-60-65(49)53-22-6-10-27-59(53)70(60)57-25-8-4-19-50(57)51-20-5-9-26-58(51)70/h1-41H. The van der Waals surface area contributed by atoms with Crippen LogP contribution in [-0.2, 0) is 5.41 Å². The minimum atomic E-state index is -0.410. The molecule has 11 aromatic carbocycles. The van der Waals surface area contributed by atoms with Crippen LogP contribution in [0.25, 0.3) is 134 Å². The fourth-order valence-corrected chi connectivity index (χ4v) is 12.5. The highest BCUT2D eigenvalue weighted by Crippen LogP contribution is 2.64. The zero-order chi connectivity index (χ0) is 49.2. The molecule has 0 N–H and O–H groups in total. The van der Waals surface area contributed by atoms with E-state index in [-0.39, 0.29) is 0 Å². The summed E-state index contributed by atoms with van der Waals surface area (Å²) in [5.41, 5.74) is 22.8. The van der Waals surface area contributed by atoms with Crippen molar-refractivity contribution in [3.8, 4) is 89.8 Å². The summed E-state index contributed by atoms with van der Waals surface area (Å²) in [6.07, 6.45) is 0. The molecule has 5 heteroatoms. The molecule has 0 saturated carbocycles. The van der Waals surface area contributed by atoms with E-state index < -0.39 is 5.41 Å². The highest BCUT2D eigenvalue weighted by molar-refractivity contribution is 6.13. The quantitative estimate of drug-likeness (QED) is 0.166. The monoisotopic (exact) mass is 955 g/mol. The maximum Gasteiger partial charge on any atom is 0.164 e. The molecule has 0 aliphatic heterocycles. The van der Waals surface area contributed by atoms with Crippen LogP contribution in [0, 0.1) is 0 Å². The number of benzene rings is 11. The van der Waals surface area contributed by atoms with Crippen molar-refractivity contribution in [3.05, 3.63) is 271 Å². The largest absolute Gasteiger partial charge is 0.456 e. The van der Waals surface area contributed by atoms with E-state index in [2.05, 4.69) is 200 Å². The molecule has 0 unspecified atom stereocenters. The van der Waals surface area contributed by atoms with Crippen LogP contribution in [0.1, 0.15) is 22.3 Å². The summed E-state index contributed by atoms with van der Waals surface area (Å²) in [6.45, 7) is 0. The molecule has 75 heavy (non-hydrogen) atoms. The van der Waals surface area contributed by atoms with E-state index in [1.165, 1.54) is 50.1 Å². The van der Waals surface area contributed by atoms with Crippen molar-refractivity contribution in [1.29, 1.82) is 0 Å². The van der Waals surface area contributed by atoms with Gasteiger partial charge in [0, 0.05) is 38.2 Å². The van der Waals surface area contributed by atoms with Crippen LogP contribution in [0.5, 0.6) is 0 Å². The van der Waals surface area contributed by atoms with Gasteiger partial charge in [0.2, 0.25) is 0 Å². The van der Waals surface area contributed by atoms with Crippen molar-refractivity contribution in [1.82, 2.24) is 15.0 Å². The molecular formula is C70H41N3O2. The summed E-state index contributed by atoms with van der Waals surface area (Å²) in [4.78, 5) is 15.8. The van der Waals surface area contributed by atoms with Gasteiger partial charge in [-0.3, -0.25) is 0 Å². The molecule has 3 aromatic heterocycles. The van der Waals surface area contributed by atoms with Crippen LogP contribution >= 0.6 is 0 Å². The van der Waals surface area contributed by atoms with Gasteiger partial charge >= 0.3 is 0 Å². The average molecular weight is 956 g/mol. The molecular weight excluding hydrogens is 915 g/mol. The molecule has 1 spiro atoms. The van der Waals surface area contributed by atoms with E-state index in [4.69, 9.17) is 23.8 Å². The molecule has 0 atom stereocenters. The third kappa shape index (κ3) is 6.16. The molecule has 348 valence electrons. The third-order valence-corrected chi connectivity index (χ3v) is 15.8. The molecule has 0 amide bonds. The molecule has 3 heterocycles. The molecule has 0 bridgehead atoms. The van der Waals surface area contributed by atoms with E-state index >= 15 is 0 Å².